The number of nitrogens with one attached hydrogen (secondary N) is 2. The first-order chi connectivity index (χ1) is 22.5. The SMILES string of the molecule is CCCSc1nc(NC2CC2c2ccc(F)c(F)c2)c2c(n1)N(C1CC(OCCO[Si](CC)(CC)CC)C3OC(C)(C)OC31)NN2C. The lowest BCUT2D eigenvalue weighted by atomic mass is 10.1. The number of halogens is 2. The van der Waals surface area contributed by atoms with Gasteiger partial charge in [0.15, 0.2) is 42.5 Å². The average molecular weight is 693 g/mol. The van der Waals surface area contributed by atoms with E-state index < -0.39 is 25.7 Å². The molecular formula is C33H50F2N6O4SSi. The fraction of sp³-hybridized carbons (Fsp3) is 0.697. The van der Waals surface area contributed by atoms with Crippen LogP contribution in [-0.2, 0) is 18.6 Å². The number of thioether (sulfide) groups is 1. The highest BCUT2D eigenvalue weighted by atomic mass is 32.2. The highest BCUT2D eigenvalue weighted by Crippen LogP contribution is 2.49. The second kappa shape index (κ2) is 14.0. The summed E-state index contributed by atoms with van der Waals surface area (Å²) in [7, 11) is 0.253. The van der Waals surface area contributed by atoms with Crippen molar-refractivity contribution in [3.8, 4) is 0 Å². The van der Waals surface area contributed by atoms with Crippen molar-refractivity contribution < 1.29 is 27.4 Å². The van der Waals surface area contributed by atoms with E-state index in [2.05, 4.69) is 43.6 Å². The largest absolute Gasteiger partial charge is 0.414 e. The molecule has 0 radical (unpaired) electrons. The zero-order chi connectivity index (χ0) is 33.5. The van der Waals surface area contributed by atoms with Crippen molar-refractivity contribution in [3.05, 3.63) is 35.4 Å². The fourth-order valence-electron chi connectivity index (χ4n) is 7.23. The smallest absolute Gasteiger partial charge is 0.192 e. The van der Waals surface area contributed by atoms with E-state index >= 15 is 0 Å². The van der Waals surface area contributed by atoms with Crippen molar-refractivity contribution >= 4 is 37.4 Å². The molecule has 3 fully saturated rings. The lowest BCUT2D eigenvalue weighted by molar-refractivity contribution is -0.168. The minimum Gasteiger partial charge on any atom is -0.414 e. The second-order valence-corrected chi connectivity index (χ2v) is 19.4. The Bertz CT molecular complexity index is 1420. The van der Waals surface area contributed by atoms with Gasteiger partial charge in [-0.3, -0.25) is 10.0 Å². The van der Waals surface area contributed by atoms with Crippen molar-refractivity contribution in [2.75, 3.05) is 41.3 Å². The van der Waals surface area contributed by atoms with Gasteiger partial charge in [0, 0.05) is 31.2 Å². The first-order valence-corrected chi connectivity index (χ1v) is 20.7. The first kappa shape index (κ1) is 34.8. The Morgan fingerprint density at radius 1 is 1.04 bits per heavy atom. The minimum atomic E-state index is -1.70. The molecule has 47 heavy (non-hydrogen) atoms. The number of benzene rings is 1. The number of rotatable bonds is 15. The minimum absolute atomic E-state index is 0.0449. The Kier molecular flexibility index (Phi) is 10.4. The number of hydrogen-bond donors (Lipinski definition) is 2. The van der Waals surface area contributed by atoms with E-state index in [0.717, 1.165) is 53.8 Å². The molecule has 2 aliphatic heterocycles. The molecule has 2 N–H and O–H groups in total. The van der Waals surface area contributed by atoms with Crippen molar-refractivity contribution in [1.82, 2.24) is 15.5 Å². The van der Waals surface area contributed by atoms with Crippen LogP contribution in [0.25, 0.3) is 0 Å². The zero-order valence-corrected chi connectivity index (χ0v) is 30.5. The maximum absolute atomic E-state index is 14.0. The number of anilines is 3. The lowest BCUT2D eigenvalue weighted by Crippen LogP contribution is -2.52. The third kappa shape index (κ3) is 7.15. The Labute approximate surface area is 282 Å². The monoisotopic (exact) mass is 692 g/mol. The number of hydrazine groups is 2. The van der Waals surface area contributed by atoms with E-state index in [-0.39, 0.29) is 36.3 Å². The molecular weight excluding hydrogens is 643 g/mol. The highest BCUT2D eigenvalue weighted by Gasteiger charge is 2.58. The highest BCUT2D eigenvalue weighted by molar-refractivity contribution is 7.99. The molecule has 2 saturated carbocycles. The van der Waals surface area contributed by atoms with E-state index in [9.17, 15) is 8.78 Å². The first-order valence-electron chi connectivity index (χ1n) is 17.2. The number of fused-ring (bicyclic) bond motifs is 2. The molecule has 6 rings (SSSR count). The van der Waals surface area contributed by atoms with Crippen LogP contribution in [0.5, 0.6) is 0 Å². The van der Waals surface area contributed by atoms with Gasteiger partial charge in [-0.05, 0) is 62.5 Å². The molecule has 6 unspecified atom stereocenters. The third-order valence-electron chi connectivity index (χ3n) is 10.1. The van der Waals surface area contributed by atoms with Gasteiger partial charge in [0.1, 0.15) is 17.9 Å². The zero-order valence-electron chi connectivity index (χ0n) is 28.6. The van der Waals surface area contributed by atoms with E-state index in [4.69, 9.17) is 28.6 Å². The van der Waals surface area contributed by atoms with Gasteiger partial charge in [-0.15, -0.1) is 5.53 Å². The van der Waals surface area contributed by atoms with Crippen LogP contribution in [0.3, 0.4) is 0 Å². The van der Waals surface area contributed by atoms with Crippen LogP contribution in [-0.4, -0.2) is 80.5 Å². The summed E-state index contributed by atoms with van der Waals surface area (Å²) in [4.78, 5) is 9.99. The molecule has 3 heterocycles. The summed E-state index contributed by atoms with van der Waals surface area (Å²) in [5.74, 6) is 0.0363. The average Bonchev–Trinajstić information content (AvgIpc) is 3.49. The summed E-state index contributed by atoms with van der Waals surface area (Å²) in [5, 5.41) is 8.31. The topological polar surface area (TPSA) is 93.2 Å². The van der Waals surface area contributed by atoms with Crippen LogP contribution in [0.4, 0.5) is 26.1 Å². The summed E-state index contributed by atoms with van der Waals surface area (Å²) in [6, 6.07) is 7.41. The van der Waals surface area contributed by atoms with Gasteiger partial charge in [0.05, 0.1) is 25.4 Å². The van der Waals surface area contributed by atoms with E-state index in [0.29, 0.717) is 30.6 Å². The molecule has 0 bridgehead atoms. The Morgan fingerprint density at radius 2 is 1.79 bits per heavy atom. The van der Waals surface area contributed by atoms with Gasteiger partial charge in [-0.25, -0.2) is 18.7 Å². The van der Waals surface area contributed by atoms with Crippen molar-refractivity contribution in [2.45, 2.75) is 126 Å². The van der Waals surface area contributed by atoms with E-state index in [1.807, 2.05) is 25.9 Å². The molecule has 1 aromatic carbocycles. The van der Waals surface area contributed by atoms with Crippen molar-refractivity contribution in [1.29, 1.82) is 0 Å². The molecule has 0 spiro atoms. The number of aromatic nitrogens is 2. The summed E-state index contributed by atoms with van der Waals surface area (Å²) in [5.41, 5.74) is 5.13. The normalized spacial score (nSPS) is 27.8. The molecule has 1 aromatic heterocycles. The van der Waals surface area contributed by atoms with Crippen LogP contribution < -0.4 is 20.9 Å². The predicted molar refractivity (Wildman–Crippen MR) is 183 cm³/mol. The summed E-state index contributed by atoms with van der Waals surface area (Å²) in [6.07, 6.45) is 1.85. The van der Waals surface area contributed by atoms with Gasteiger partial charge in [0.2, 0.25) is 0 Å². The summed E-state index contributed by atoms with van der Waals surface area (Å²) >= 11 is 1.62. The fourth-order valence-corrected chi connectivity index (χ4v) is 10.5. The Hall–Kier alpha value is -2.07. The molecule has 10 nitrogen and oxygen atoms in total. The van der Waals surface area contributed by atoms with Crippen LogP contribution in [0, 0.1) is 11.6 Å². The van der Waals surface area contributed by atoms with Gasteiger partial charge < -0.3 is 24.0 Å². The molecule has 2 aliphatic carbocycles. The number of ether oxygens (including phenoxy) is 3. The van der Waals surface area contributed by atoms with E-state index in [1.165, 1.54) is 12.1 Å². The maximum atomic E-state index is 14.0. The molecule has 0 amide bonds. The van der Waals surface area contributed by atoms with E-state index in [1.54, 1.807) is 17.8 Å². The molecule has 1 saturated heterocycles. The lowest BCUT2D eigenvalue weighted by Gasteiger charge is -2.30. The number of nitrogens with zero attached hydrogens (tertiary/aromatic N) is 4. The molecule has 4 aliphatic rings. The van der Waals surface area contributed by atoms with Crippen molar-refractivity contribution in [3.63, 3.8) is 0 Å². The third-order valence-corrected chi connectivity index (χ3v) is 15.8. The van der Waals surface area contributed by atoms with Gasteiger partial charge in [-0.1, -0.05) is 45.5 Å². The Balaban J connectivity index is 1.22. The van der Waals surface area contributed by atoms with Crippen LogP contribution in [0.2, 0.25) is 18.1 Å². The van der Waals surface area contributed by atoms with Crippen LogP contribution in [0.1, 0.15) is 72.3 Å². The Morgan fingerprint density at radius 3 is 2.49 bits per heavy atom. The van der Waals surface area contributed by atoms with Crippen LogP contribution in [0.15, 0.2) is 23.4 Å². The summed E-state index contributed by atoms with van der Waals surface area (Å²) in [6.45, 7) is 13.9. The van der Waals surface area contributed by atoms with Gasteiger partial charge in [-0.2, -0.15) is 0 Å². The molecule has 14 heteroatoms. The summed E-state index contributed by atoms with van der Waals surface area (Å²) < 4.78 is 53.5. The standard InChI is InChI=1S/C33H50F2N6O4SSi/c1-8-16-46-32-37-30(36-24-18-21(24)20-12-13-22(34)23(35)17-20)27-31(38-32)41(39-40(27)7)25-19-26(29-28(25)44-33(5,6)45-29)42-14-15-43-47(9-2,10-3)11-4/h12-13,17,21,24-26,28-29,39H,8-11,14-16,18-19H2,1-7H3,(H,36,37,38). The van der Waals surface area contributed by atoms with Crippen LogP contribution >= 0.6 is 11.8 Å². The number of hydrogen-bond acceptors (Lipinski definition) is 11. The molecule has 6 atom stereocenters. The molecule has 2 aromatic rings. The maximum Gasteiger partial charge on any atom is 0.192 e. The molecule has 260 valence electrons. The van der Waals surface area contributed by atoms with Gasteiger partial charge >= 0.3 is 0 Å². The predicted octanol–water partition coefficient (Wildman–Crippen LogP) is 6.60. The quantitative estimate of drug-likeness (QED) is 0.0916. The van der Waals surface area contributed by atoms with Crippen molar-refractivity contribution in [2.24, 2.45) is 0 Å². The second-order valence-electron chi connectivity index (χ2n) is 13.5. The van der Waals surface area contributed by atoms with Gasteiger partial charge in [0.25, 0.3) is 0 Å².